The van der Waals surface area contributed by atoms with Gasteiger partial charge in [-0.1, -0.05) is 41.6 Å². The molecular formula is C20H21N3OS. The minimum atomic E-state index is -0.269. The lowest BCUT2D eigenvalue weighted by atomic mass is 10.1. The number of fused-ring (bicyclic) bond motifs is 1. The number of anilines is 1. The zero-order valence-corrected chi connectivity index (χ0v) is 15.6. The number of hydrogen-bond acceptors (Lipinski definition) is 4. The van der Waals surface area contributed by atoms with Crippen LogP contribution in [0.2, 0.25) is 0 Å². The summed E-state index contributed by atoms with van der Waals surface area (Å²) in [6.45, 7) is 7.86. The number of hydrogen-bond donors (Lipinski definition) is 1. The zero-order valence-electron chi connectivity index (χ0n) is 14.8. The third kappa shape index (κ3) is 3.99. The van der Waals surface area contributed by atoms with Crippen molar-refractivity contribution in [1.82, 2.24) is 9.97 Å². The van der Waals surface area contributed by atoms with E-state index in [0.29, 0.717) is 0 Å². The van der Waals surface area contributed by atoms with Gasteiger partial charge < -0.3 is 5.32 Å². The van der Waals surface area contributed by atoms with E-state index in [1.807, 2.05) is 64.1 Å². The van der Waals surface area contributed by atoms with Crippen molar-refractivity contribution in [3.05, 3.63) is 59.3 Å². The molecule has 0 radical (unpaired) electrons. The second-order valence-corrected chi connectivity index (χ2v) is 7.50. The molecule has 1 N–H and O–H groups in total. The topological polar surface area (TPSA) is 54.9 Å². The lowest BCUT2D eigenvalue weighted by Crippen LogP contribution is -2.23. The fourth-order valence-electron chi connectivity index (χ4n) is 2.59. The summed E-state index contributed by atoms with van der Waals surface area (Å²) in [7, 11) is 0. The van der Waals surface area contributed by atoms with Crippen LogP contribution in [0.15, 0.2) is 47.5 Å². The molecule has 1 amide bonds. The molecule has 0 aliphatic rings. The fourth-order valence-corrected chi connectivity index (χ4v) is 3.46. The van der Waals surface area contributed by atoms with Crippen molar-refractivity contribution in [1.29, 1.82) is 0 Å². The van der Waals surface area contributed by atoms with E-state index in [2.05, 4.69) is 21.4 Å². The minimum Gasteiger partial charge on any atom is -0.325 e. The van der Waals surface area contributed by atoms with Crippen LogP contribution in [0.3, 0.4) is 0 Å². The fraction of sp³-hybridized carbons (Fsp3) is 0.250. The number of nitrogens with one attached hydrogen (secondary N) is 1. The predicted octanol–water partition coefficient (Wildman–Crippen LogP) is 4.67. The largest absolute Gasteiger partial charge is 0.325 e. The Labute approximate surface area is 152 Å². The summed E-state index contributed by atoms with van der Waals surface area (Å²) in [6, 6.07) is 13.8. The van der Waals surface area contributed by atoms with Crippen LogP contribution >= 0.6 is 11.8 Å². The van der Waals surface area contributed by atoms with Crippen molar-refractivity contribution in [3.8, 4) is 0 Å². The highest BCUT2D eigenvalue weighted by molar-refractivity contribution is 8.00. The number of carbonyl (C=O) groups excluding carboxylic acids is 1. The summed E-state index contributed by atoms with van der Waals surface area (Å²) in [5.41, 5.74) is 5.65. The van der Waals surface area contributed by atoms with Gasteiger partial charge in [0.05, 0.1) is 22.0 Å². The highest BCUT2D eigenvalue weighted by atomic mass is 32.2. The maximum atomic E-state index is 12.5. The highest BCUT2D eigenvalue weighted by Gasteiger charge is 2.18. The molecule has 0 fully saturated rings. The first-order chi connectivity index (χ1) is 11.9. The second kappa shape index (κ2) is 7.23. The van der Waals surface area contributed by atoms with Gasteiger partial charge in [0.15, 0.2) is 0 Å². The number of para-hydroxylation sites is 2. The molecule has 1 atom stereocenters. The van der Waals surface area contributed by atoms with Gasteiger partial charge in [0, 0.05) is 5.69 Å². The number of amides is 1. The van der Waals surface area contributed by atoms with Gasteiger partial charge in [0.1, 0.15) is 5.03 Å². The van der Waals surface area contributed by atoms with Gasteiger partial charge in [-0.15, -0.1) is 0 Å². The van der Waals surface area contributed by atoms with Crippen molar-refractivity contribution in [2.24, 2.45) is 0 Å². The van der Waals surface area contributed by atoms with Gasteiger partial charge in [-0.05, 0) is 51.5 Å². The van der Waals surface area contributed by atoms with Crippen LogP contribution in [0, 0.1) is 20.8 Å². The SMILES string of the molecule is Cc1ccc(NC(=O)C(C)Sc2nc3ccccc3nc2C)c(C)c1. The number of thioether (sulfide) groups is 1. The van der Waals surface area contributed by atoms with Crippen molar-refractivity contribution >= 4 is 34.4 Å². The molecular weight excluding hydrogens is 330 g/mol. The Hall–Kier alpha value is -2.40. The number of aromatic nitrogens is 2. The molecule has 2 aromatic carbocycles. The highest BCUT2D eigenvalue weighted by Crippen LogP contribution is 2.27. The van der Waals surface area contributed by atoms with Crippen LogP contribution in [-0.4, -0.2) is 21.1 Å². The first-order valence-corrected chi connectivity index (χ1v) is 9.10. The Bertz CT molecular complexity index is 939. The summed E-state index contributed by atoms with van der Waals surface area (Å²) >= 11 is 1.44. The van der Waals surface area contributed by atoms with E-state index in [1.54, 1.807) is 0 Å². The molecule has 0 aliphatic carbocycles. The molecule has 0 bridgehead atoms. The van der Waals surface area contributed by atoms with Gasteiger partial charge in [-0.25, -0.2) is 9.97 Å². The van der Waals surface area contributed by atoms with Gasteiger partial charge in [-0.2, -0.15) is 0 Å². The molecule has 1 aromatic heterocycles. The smallest absolute Gasteiger partial charge is 0.237 e. The monoisotopic (exact) mass is 351 g/mol. The normalized spacial score (nSPS) is 12.2. The molecule has 0 saturated carbocycles. The summed E-state index contributed by atoms with van der Waals surface area (Å²) in [4.78, 5) is 21.8. The van der Waals surface area contributed by atoms with Gasteiger partial charge >= 0.3 is 0 Å². The molecule has 0 spiro atoms. The van der Waals surface area contributed by atoms with E-state index in [1.165, 1.54) is 17.3 Å². The Morgan fingerprint density at radius 3 is 2.40 bits per heavy atom. The van der Waals surface area contributed by atoms with E-state index in [0.717, 1.165) is 33.0 Å². The van der Waals surface area contributed by atoms with E-state index >= 15 is 0 Å². The standard InChI is InChI=1S/C20H21N3OS/c1-12-9-10-16(13(2)11-12)22-19(24)15(4)25-20-14(3)21-17-7-5-6-8-18(17)23-20/h5-11,15H,1-4H3,(H,22,24). The molecule has 4 nitrogen and oxygen atoms in total. The molecule has 5 heteroatoms. The van der Waals surface area contributed by atoms with Crippen LogP contribution in [0.4, 0.5) is 5.69 Å². The summed E-state index contributed by atoms with van der Waals surface area (Å²) in [5, 5.41) is 3.53. The summed E-state index contributed by atoms with van der Waals surface area (Å²) in [6.07, 6.45) is 0. The van der Waals surface area contributed by atoms with Gasteiger partial charge in [0.25, 0.3) is 0 Å². The average molecular weight is 351 g/mol. The average Bonchev–Trinajstić information content (AvgIpc) is 2.58. The second-order valence-electron chi connectivity index (χ2n) is 6.17. The van der Waals surface area contributed by atoms with Crippen molar-refractivity contribution in [2.45, 2.75) is 38.0 Å². The Balaban J connectivity index is 1.76. The summed E-state index contributed by atoms with van der Waals surface area (Å²) < 4.78 is 0. The molecule has 1 unspecified atom stereocenters. The Morgan fingerprint density at radius 2 is 1.72 bits per heavy atom. The quantitative estimate of drug-likeness (QED) is 0.694. The lowest BCUT2D eigenvalue weighted by Gasteiger charge is -2.14. The molecule has 1 heterocycles. The number of carbonyl (C=O) groups is 1. The van der Waals surface area contributed by atoms with Gasteiger partial charge in [-0.3, -0.25) is 4.79 Å². The van der Waals surface area contributed by atoms with Crippen LogP contribution in [0.1, 0.15) is 23.7 Å². The van der Waals surface area contributed by atoms with Crippen LogP contribution < -0.4 is 5.32 Å². The molecule has 25 heavy (non-hydrogen) atoms. The summed E-state index contributed by atoms with van der Waals surface area (Å²) in [5.74, 6) is -0.0358. The molecule has 128 valence electrons. The molecule has 3 aromatic rings. The van der Waals surface area contributed by atoms with Crippen molar-refractivity contribution in [3.63, 3.8) is 0 Å². The lowest BCUT2D eigenvalue weighted by molar-refractivity contribution is -0.115. The molecule has 0 aliphatic heterocycles. The van der Waals surface area contributed by atoms with Crippen LogP contribution in [0.5, 0.6) is 0 Å². The number of aryl methyl sites for hydroxylation is 3. The van der Waals surface area contributed by atoms with Gasteiger partial charge in [0.2, 0.25) is 5.91 Å². The first kappa shape index (κ1) is 17.4. The Morgan fingerprint density at radius 1 is 1.04 bits per heavy atom. The van der Waals surface area contributed by atoms with E-state index < -0.39 is 0 Å². The first-order valence-electron chi connectivity index (χ1n) is 8.22. The number of benzene rings is 2. The number of rotatable bonds is 4. The number of nitrogens with zero attached hydrogens (tertiary/aromatic N) is 2. The maximum Gasteiger partial charge on any atom is 0.237 e. The third-order valence-electron chi connectivity index (χ3n) is 4.00. The van der Waals surface area contributed by atoms with E-state index in [-0.39, 0.29) is 11.2 Å². The predicted molar refractivity (Wildman–Crippen MR) is 104 cm³/mol. The van der Waals surface area contributed by atoms with E-state index in [9.17, 15) is 4.79 Å². The van der Waals surface area contributed by atoms with Crippen LogP contribution in [0.25, 0.3) is 11.0 Å². The van der Waals surface area contributed by atoms with Crippen LogP contribution in [-0.2, 0) is 4.79 Å². The van der Waals surface area contributed by atoms with Crippen molar-refractivity contribution in [2.75, 3.05) is 5.32 Å². The van der Waals surface area contributed by atoms with Crippen molar-refractivity contribution < 1.29 is 4.79 Å². The molecule has 3 rings (SSSR count). The Kier molecular flexibility index (Phi) is 5.04. The third-order valence-corrected chi connectivity index (χ3v) is 5.18. The minimum absolute atomic E-state index is 0.0358. The zero-order chi connectivity index (χ0) is 18.0. The van der Waals surface area contributed by atoms with E-state index in [4.69, 9.17) is 0 Å². The maximum absolute atomic E-state index is 12.5. The molecule has 0 saturated heterocycles.